The number of pyridine rings is 1. The number of hydrogen-bond acceptors (Lipinski definition) is 4. The number of fused-ring (bicyclic) bond motifs is 1. The Labute approximate surface area is 135 Å². The van der Waals surface area contributed by atoms with Crippen LogP contribution in [0.25, 0.3) is 10.9 Å². The van der Waals surface area contributed by atoms with Gasteiger partial charge in [0.2, 0.25) is 0 Å². The molecular weight excluding hydrogens is 318 g/mol. The molecule has 2 rings (SSSR count). The average Bonchev–Trinajstić information content (AvgIpc) is 2.48. The number of benzene rings is 1. The lowest BCUT2D eigenvalue weighted by Gasteiger charge is -2.10. The van der Waals surface area contributed by atoms with E-state index >= 15 is 0 Å². The van der Waals surface area contributed by atoms with E-state index in [0.29, 0.717) is 29.8 Å². The van der Waals surface area contributed by atoms with Gasteiger partial charge in [-0.2, -0.15) is 8.42 Å². The lowest BCUT2D eigenvalue weighted by Crippen LogP contribution is -2.37. The summed E-state index contributed by atoms with van der Waals surface area (Å²) < 4.78 is 33.1. The van der Waals surface area contributed by atoms with Crippen molar-refractivity contribution in [1.29, 1.82) is 0 Å². The number of aryl methyl sites for hydroxylation is 1. The van der Waals surface area contributed by atoms with Gasteiger partial charge in [-0.25, -0.2) is 9.44 Å². The predicted molar refractivity (Wildman–Crippen MR) is 90.2 cm³/mol. The molecule has 7 nitrogen and oxygen atoms in total. The van der Waals surface area contributed by atoms with Crippen LogP contribution in [0.15, 0.2) is 23.0 Å². The zero-order valence-electron chi connectivity index (χ0n) is 13.4. The molecule has 1 aromatic carbocycles. The van der Waals surface area contributed by atoms with Crippen molar-refractivity contribution in [3.63, 3.8) is 0 Å². The highest BCUT2D eigenvalue weighted by Crippen LogP contribution is 2.25. The second-order valence-electron chi connectivity index (χ2n) is 5.14. The van der Waals surface area contributed by atoms with Crippen molar-refractivity contribution in [3.8, 4) is 5.75 Å². The molecule has 0 saturated carbocycles. The minimum atomic E-state index is -3.51. The second kappa shape index (κ2) is 7.12. The summed E-state index contributed by atoms with van der Waals surface area (Å²) in [5.74, 6) is 0.599. The molecule has 23 heavy (non-hydrogen) atoms. The van der Waals surface area contributed by atoms with E-state index in [-0.39, 0.29) is 12.1 Å². The molecule has 0 aliphatic carbocycles. The van der Waals surface area contributed by atoms with Crippen LogP contribution < -0.4 is 19.7 Å². The summed E-state index contributed by atoms with van der Waals surface area (Å²) >= 11 is 0. The van der Waals surface area contributed by atoms with Crippen LogP contribution in [0.2, 0.25) is 0 Å². The van der Waals surface area contributed by atoms with E-state index < -0.39 is 10.2 Å². The van der Waals surface area contributed by atoms with Gasteiger partial charge >= 0.3 is 0 Å². The van der Waals surface area contributed by atoms with E-state index in [1.54, 1.807) is 26.2 Å². The molecule has 0 fully saturated rings. The summed E-state index contributed by atoms with van der Waals surface area (Å²) in [6.07, 6.45) is 0.298. The summed E-state index contributed by atoms with van der Waals surface area (Å²) in [6, 6.07) is 5.50. The first-order chi connectivity index (χ1) is 10.9. The van der Waals surface area contributed by atoms with Gasteiger partial charge in [-0.05, 0) is 31.0 Å². The average molecular weight is 339 g/mol. The molecule has 0 radical (unpaired) electrons. The number of rotatable bonds is 7. The minimum Gasteiger partial charge on any atom is -0.495 e. The molecule has 0 aliphatic rings. The van der Waals surface area contributed by atoms with E-state index in [9.17, 15) is 13.2 Å². The quantitative estimate of drug-likeness (QED) is 0.695. The van der Waals surface area contributed by atoms with Gasteiger partial charge in [-0.15, -0.1) is 0 Å². The molecular formula is C15H21N3O4S. The SMILES string of the molecule is CCNS(=O)(=O)NCCc1cc2c(C)ccc(OC)c2[nH]c1=O. The van der Waals surface area contributed by atoms with Crippen LogP contribution in [-0.2, 0) is 16.6 Å². The van der Waals surface area contributed by atoms with Crippen molar-refractivity contribution in [2.45, 2.75) is 20.3 Å². The Morgan fingerprint density at radius 2 is 2.00 bits per heavy atom. The van der Waals surface area contributed by atoms with Gasteiger partial charge in [0.25, 0.3) is 15.8 Å². The van der Waals surface area contributed by atoms with Gasteiger partial charge in [-0.3, -0.25) is 4.79 Å². The van der Waals surface area contributed by atoms with Crippen LogP contribution in [-0.4, -0.2) is 33.6 Å². The number of ether oxygens (including phenoxy) is 1. The van der Waals surface area contributed by atoms with E-state index in [2.05, 4.69) is 14.4 Å². The smallest absolute Gasteiger partial charge is 0.276 e. The van der Waals surface area contributed by atoms with E-state index in [0.717, 1.165) is 10.9 Å². The standard InChI is InChI=1S/C15H21N3O4S/c1-4-16-23(20,21)17-8-7-11-9-12-10(2)5-6-13(22-3)14(12)18-15(11)19/h5-6,9,16-17H,4,7-8H2,1-3H3,(H,18,19). The predicted octanol–water partition coefficient (Wildman–Crippen LogP) is 0.832. The van der Waals surface area contributed by atoms with Crippen molar-refractivity contribution < 1.29 is 13.2 Å². The van der Waals surface area contributed by atoms with E-state index in [1.807, 2.05) is 13.0 Å². The number of hydrogen-bond donors (Lipinski definition) is 3. The summed E-state index contributed by atoms with van der Waals surface area (Å²) in [7, 11) is -1.96. The molecule has 0 amide bonds. The highest BCUT2D eigenvalue weighted by atomic mass is 32.2. The van der Waals surface area contributed by atoms with Crippen LogP contribution in [0.5, 0.6) is 5.75 Å². The third-order valence-electron chi connectivity index (χ3n) is 3.51. The largest absolute Gasteiger partial charge is 0.495 e. The van der Waals surface area contributed by atoms with Gasteiger partial charge in [-0.1, -0.05) is 13.0 Å². The maximum atomic E-state index is 12.2. The fourth-order valence-corrected chi connectivity index (χ4v) is 3.22. The number of aromatic nitrogens is 1. The molecule has 2 aromatic rings. The Balaban J connectivity index is 2.27. The fourth-order valence-electron chi connectivity index (χ4n) is 2.37. The summed E-state index contributed by atoms with van der Waals surface area (Å²) in [4.78, 5) is 15.0. The highest BCUT2D eigenvalue weighted by Gasteiger charge is 2.11. The first-order valence-corrected chi connectivity index (χ1v) is 8.80. The van der Waals surface area contributed by atoms with Gasteiger partial charge in [0.1, 0.15) is 5.75 Å². The Kier molecular flexibility index (Phi) is 5.40. The molecule has 0 unspecified atom stereocenters. The van der Waals surface area contributed by atoms with Crippen LogP contribution in [0.1, 0.15) is 18.1 Å². The van der Waals surface area contributed by atoms with Crippen LogP contribution >= 0.6 is 0 Å². The van der Waals surface area contributed by atoms with Crippen molar-refractivity contribution in [2.75, 3.05) is 20.2 Å². The molecule has 0 saturated heterocycles. The molecule has 3 N–H and O–H groups in total. The lowest BCUT2D eigenvalue weighted by molar-refractivity contribution is 0.418. The summed E-state index contributed by atoms with van der Waals surface area (Å²) in [5.41, 5.74) is 1.93. The monoisotopic (exact) mass is 339 g/mol. The summed E-state index contributed by atoms with van der Waals surface area (Å²) in [6.45, 7) is 4.10. The van der Waals surface area contributed by atoms with Crippen molar-refractivity contribution in [3.05, 3.63) is 39.7 Å². The van der Waals surface area contributed by atoms with Crippen molar-refractivity contribution >= 4 is 21.1 Å². The number of methoxy groups -OCH3 is 1. The highest BCUT2D eigenvalue weighted by molar-refractivity contribution is 7.87. The zero-order chi connectivity index (χ0) is 17.0. The molecule has 8 heteroatoms. The maximum Gasteiger partial charge on any atom is 0.276 e. The van der Waals surface area contributed by atoms with Gasteiger partial charge in [0.15, 0.2) is 0 Å². The Morgan fingerprint density at radius 3 is 2.65 bits per heavy atom. The second-order valence-corrected chi connectivity index (χ2v) is 6.73. The Morgan fingerprint density at radius 1 is 1.26 bits per heavy atom. The number of H-pyrrole nitrogens is 1. The Bertz CT molecular complexity index is 859. The third kappa shape index (κ3) is 4.10. The topological polar surface area (TPSA) is 100 Å². The minimum absolute atomic E-state index is 0.146. The van der Waals surface area contributed by atoms with Crippen molar-refractivity contribution in [1.82, 2.24) is 14.4 Å². The maximum absolute atomic E-state index is 12.2. The van der Waals surface area contributed by atoms with E-state index in [1.165, 1.54) is 0 Å². The van der Waals surface area contributed by atoms with Crippen LogP contribution in [0.3, 0.4) is 0 Å². The molecule has 1 aromatic heterocycles. The fraction of sp³-hybridized carbons (Fsp3) is 0.400. The third-order valence-corrected chi connectivity index (χ3v) is 4.77. The van der Waals surface area contributed by atoms with Gasteiger partial charge < -0.3 is 9.72 Å². The van der Waals surface area contributed by atoms with Crippen LogP contribution in [0, 0.1) is 6.92 Å². The first kappa shape index (κ1) is 17.5. The molecule has 126 valence electrons. The lowest BCUT2D eigenvalue weighted by atomic mass is 10.1. The number of aromatic amines is 1. The molecule has 0 bridgehead atoms. The van der Waals surface area contributed by atoms with Crippen molar-refractivity contribution in [2.24, 2.45) is 0 Å². The molecule has 1 heterocycles. The summed E-state index contributed by atoms with van der Waals surface area (Å²) in [5, 5.41) is 0.883. The first-order valence-electron chi connectivity index (χ1n) is 7.31. The normalized spacial score (nSPS) is 11.8. The van der Waals surface area contributed by atoms with Gasteiger partial charge in [0.05, 0.1) is 12.6 Å². The van der Waals surface area contributed by atoms with Crippen LogP contribution in [0.4, 0.5) is 0 Å². The van der Waals surface area contributed by atoms with Gasteiger partial charge in [0, 0.05) is 24.0 Å². The molecule has 0 aliphatic heterocycles. The molecule has 0 atom stereocenters. The zero-order valence-corrected chi connectivity index (χ0v) is 14.2. The number of nitrogens with one attached hydrogen (secondary N) is 3. The molecule has 0 spiro atoms. The van der Waals surface area contributed by atoms with E-state index in [4.69, 9.17) is 4.74 Å². The Hall–Kier alpha value is -1.90.